The molecule has 0 aliphatic heterocycles. The van der Waals surface area contributed by atoms with E-state index in [1.165, 1.54) is 6.20 Å². The summed E-state index contributed by atoms with van der Waals surface area (Å²) in [5.74, 6) is -0.355. The van der Waals surface area contributed by atoms with Gasteiger partial charge in [0.05, 0.1) is 0 Å². The van der Waals surface area contributed by atoms with E-state index in [2.05, 4.69) is 9.97 Å². The zero-order valence-electron chi connectivity index (χ0n) is 8.07. The molecule has 14 heavy (non-hydrogen) atoms. The summed E-state index contributed by atoms with van der Waals surface area (Å²) in [5, 5.41) is 0. The van der Waals surface area contributed by atoms with Crippen LogP contribution in [-0.2, 0) is 0 Å². The number of nitrogens with zero attached hydrogens (tertiary/aromatic N) is 2. The highest BCUT2D eigenvalue weighted by Crippen LogP contribution is 1.99. The predicted molar refractivity (Wildman–Crippen MR) is 52.3 cm³/mol. The van der Waals surface area contributed by atoms with Gasteiger partial charge in [-0.05, 0) is 6.92 Å². The number of carbonyl (C=O) groups excluding carboxylic acids is 1. The van der Waals surface area contributed by atoms with Crippen molar-refractivity contribution < 1.29 is 4.79 Å². The molecular weight excluding hydrogens is 184 g/mol. The lowest BCUT2D eigenvalue weighted by Gasteiger charge is -2.14. The minimum atomic E-state index is -0.774. The second kappa shape index (κ2) is 3.91. The normalized spacial score (nSPS) is 9.86. The average molecular weight is 196 g/mol. The van der Waals surface area contributed by atoms with E-state index < -0.39 is 11.5 Å². The molecule has 1 aromatic heterocycles. The van der Waals surface area contributed by atoms with Crippen molar-refractivity contribution in [3.05, 3.63) is 22.1 Å². The number of aromatic nitrogens is 2. The fraction of sp³-hybridized carbons (Fsp3) is 0.375. The molecular formula is C8H12N4O2. The minimum absolute atomic E-state index is 0.127. The first-order valence-corrected chi connectivity index (χ1v) is 4.16. The number of aromatic amines is 1. The van der Waals surface area contributed by atoms with Crippen molar-refractivity contribution in [2.75, 3.05) is 18.5 Å². The second-order valence-corrected chi connectivity index (χ2v) is 2.83. The van der Waals surface area contributed by atoms with Gasteiger partial charge in [0.2, 0.25) is 5.95 Å². The number of carbonyl (C=O) groups is 1. The number of anilines is 1. The predicted octanol–water partition coefficient (Wildman–Crippen LogP) is -0.675. The van der Waals surface area contributed by atoms with Crippen LogP contribution in [0.4, 0.5) is 5.95 Å². The maximum atomic E-state index is 11.3. The number of H-pyrrole nitrogens is 1. The molecule has 0 aliphatic rings. The molecule has 0 saturated heterocycles. The van der Waals surface area contributed by atoms with Gasteiger partial charge in [-0.25, -0.2) is 4.98 Å². The van der Waals surface area contributed by atoms with Crippen LogP contribution in [0.5, 0.6) is 0 Å². The fourth-order valence-corrected chi connectivity index (χ4v) is 0.905. The number of nitrogens with two attached hydrogens (primary N) is 1. The van der Waals surface area contributed by atoms with Gasteiger partial charge in [0.25, 0.3) is 11.5 Å². The Balaban J connectivity index is 3.13. The number of nitrogens with one attached hydrogen (secondary N) is 1. The summed E-state index contributed by atoms with van der Waals surface area (Å²) in [6, 6.07) is 0. The molecule has 0 aromatic carbocycles. The van der Waals surface area contributed by atoms with Crippen molar-refractivity contribution >= 4 is 11.9 Å². The van der Waals surface area contributed by atoms with Gasteiger partial charge in [-0.15, -0.1) is 0 Å². The zero-order valence-corrected chi connectivity index (χ0v) is 8.07. The van der Waals surface area contributed by atoms with Gasteiger partial charge in [-0.3, -0.25) is 14.6 Å². The molecule has 0 fully saturated rings. The van der Waals surface area contributed by atoms with E-state index >= 15 is 0 Å². The topological polar surface area (TPSA) is 92.1 Å². The smallest absolute Gasteiger partial charge is 0.265 e. The van der Waals surface area contributed by atoms with Crippen molar-refractivity contribution in [2.24, 2.45) is 5.73 Å². The van der Waals surface area contributed by atoms with E-state index in [0.717, 1.165) is 0 Å². The minimum Gasteiger partial charge on any atom is -0.365 e. The molecule has 0 atom stereocenters. The first-order chi connectivity index (χ1) is 6.56. The third-order valence-electron chi connectivity index (χ3n) is 1.89. The first-order valence-electron chi connectivity index (χ1n) is 4.16. The summed E-state index contributed by atoms with van der Waals surface area (Å²) in [6.45, 7) is 2.63. The van der Waals surface area contributed by atoms with Gasteiger partial charge in [-0.2, -0.15) is 0 Å². The van der Waals surface area contributed by atoms with Crippen LogP contribution in [0.15, 0.2) is 11.0 Å². The van der Waals surface area contributed by atoms with Gasteiger partial charge in [0.1, 0.15) is 5.56 Å². The molecule has 1 heterocycles. The maximum absolute atomic E-state index is 11.3. The lowest BCUT2D eigenvalue weighted by atomic mass is 10.3. The fourth-order valence-electron chi connectivity index (χ4n) is 0.905. The zero-order chi connectivity index (χ0) is 10.7. The van der Waals surface area contributed by atoms with Gasteiger partial charge >= 0.3 is 0 Å². The van der Waals surface area contributed by atoms with Crippen LogP contribution in [-0.4, -0.2) is 29.5 Å². The third kappa shape index (κ3) is 1.90. The molecule has 0 saturated carbocycles. The summed E-state index contributed by atoms with van der Waals surface area (Å²) in [5.41, 5.74) is 4.32. The molecule has 6 nitrogen and oxygen atoms in total. The molecule has 0 aliphatic carbocycles. The SMILES string of the molecule is CCN(C)c1ncc(C(N)=O)c(=O)[nH]1. The Morgan fingerprint density at radius 2 is 2.36 bits per heavy atom. The summed E-state index contributed by atoms with van der Waals surface area (Å²) in [4.78, 5) is 30.1. The quantitative estimate of drug-likeness (QED) is 0.670. The molecule has 0 bridgehead atoms. The number of hydrogen-bond acceptors (Lipinski definition) is 4. The molecule has 6 heteroatoms. The maximum Gasteiger partial charge on any atom is 0.265 e. The number of rotatable bonds is 3. The Bertz CT molecular complexity index is 399. The monoisotopic (exact) mass is 196 g/mol. The van der Waals surface area contributed by atoms with Gasteiger partial charge < -0.3 is 10.6 Å². The second-order valence-electron chi connectivity index (χ2n) is 2.83. The van der Waals surface area contributed by atoms with Crippen LogP contribution in [0, 0.1) is 0 Å². The van der Waals surface area contributed by atoms with E-state index in [1.807, 2.05) is 6.92 Å². The highest BCUT2D eigenvalue weighted by atomic mass is 16.2. The Kier molecular flexibility index (Phi) is 2.85. The molecule has 3 N–H and O–H groups in total. The van der Waals surface area contributed by atoms with Gasteiger partial charge in [-0.1, -0.05) is 0 Å². The van der Waals surface area contributed by atoms with Gasteiger partial charge in [0.15, 0.2) is 0 Å². The van der Waals surface area contributed by atoms with Crippen LogP contribution < -0.4 is 16.2 Å². The van der Waals surface area contributed by atoms with Crippen molar-refractivity contribution in [3.8, 4) is 0 Å². The van der Waals surface area contributed by atoms with E-state index in [9.17, 15) is 9.59 Å². The Morgan fingerprint density at radius 3 is 2.79 bits per heavy atom. The molecule has 1 amide bonds. The Morgan fingerprint density at radius 1 is 1.71 bits per heavy atom. The van der Waals surface area contributed by atoms with Crippen LogP contribution in [0.25, 0.3) is 0 Å². The summed E-state index contributed by atoms with van der Waals surface area (Å²) < 4.78 is 0. The molecule has 1 aromatic rings. The van der Waals surface area contributed by atoms with Crippen molar-refractivity contribution in [1.82, 2.24) is 9.97 Å². The van der Waals surface area contributed by atoms with Crippen LogP contribution in [0.2, 0.25) is 0 Å². The van der Waals surface area contributed by atoms with Crippen LogP contribution in [0.3, 0.4) is 0 Å². The number of amides is 1. The average Bonchev–Trinajstić information content (AvgIpc) is 2.15. The van der Waals surface area contributed by atoms with E-state index in [0.29, 0.717) is 12.5 Å². The highest BCUT2D eigenvalue weighted by Gasteiger charge is 2.08. The van der Waals surface area contributed by atoms with Crippen LogP contribution in [0.1, 0.15) is 17.3 Å². The van der Waals surface area contributed by atoms with Crippen molar-refractivity contribution in [3.63, 3.8) is 0 Å². The number of primary amides is 1. The Labute approximate surface area is 80.8 Å². The van der Waals surface area contributed by atoms with Crippen LogP contribution >= 0.6 is 0 Å². The Hall–Kier alpha value is -1.85. The summed E-state index contributed by atoms with van der Waals surface area (Å²) in [6.07, 6.45) is 1.18. The first kappa shape index (κ1) is 10.2. The van der Waals surface area contributed by atoms with Gasteiger partial charge in [0, 0.05) is 19.8 Å². The molecule has 1 rings (SSSR count). The third-order valence-corrected chi connectivity index (χ3v) is 1.89. The number of hydrogen-bond donors (Lipinski definition) is 2. The highest BCUT2D eigenvalue weighted by molar-refractivity contribution is 5.92. The largest absolute Gasteiger partial charge is 0.365 e. The molecule has 76 valence electrons. The standard InChI is InChI=1S/C8H12N4O2/c1-3-12(2)8-10-4-5(6(9)13)7(14)11-8/h4H,3H2,1-2H3,(H2,9,13)(H,10,11,14). The lowest BCUT2D eigenvalue weighted by molar-refractivity contribution is 0.0998. The molecule has 0 unspecified atom stereocenters. The van der Waals surface area contributed by atoms with E-state index in [1.54, 1.807) is 11.9 Å². The summed E-state index contributed by atoms with van der Waals surface area (Å²) in [7, 11) is 1.78. The lowest BCUT2D eigenvalue weighted by Crippen LogP contribution is -2.28. The molecule has 0 spiro atoms. The van der Waals surface area contributed by atoms with E-state index in [4.69, 9.17) is 5.73 Å². The van der Waals surface area contributed by atoms with E-state index in [-0.39, 0.29) is 5.56 Å². The summed E-state index contributed by atoms with van der Waals surface area (Å²) >= 11 is 0. The molecule has 0 radical (unpaired) electrons. The van der Waals surface area contributed by atoms with Crippen molar-refractivity contribution in [1.29, 1.82) is 0 Å². The van der Waals surface area contributed by atoms with Crippen molar-refractivity contribution in [2.45, 2.75) is 6.92 Å².